The van der Waals surface area contributed by atoms with E-state index < -0.39 is 0 Å². The summed E-state index contributed by atoms with van der Waals surface area (Å²) >= 11 is 0. The zero-order valence-corrected chi connectivity index (χ0v) is 13.1. The van der Waals surface area contributed by atoms with Gasteiger partial charge >= 0.3 is 0 Å². The van der Waals surface area contributed by atoms with Gasteiger partial charge in [-0.25, -0.2) is 0 Å². The summed E-state index contributed by atoms with van der Waals surface area (Å²) < 4.78 is 5.12. The van der Waals surface area contributed by atoms with Crippen LogP contribution < -0.4 is 11.1 Å². The average molecular weight is 295 g/mol. The number of ether oxygens (including phenoxy) is 1. The minimum absolute atomic E-state index is 0.0790. The van der Waals surface area contributed by atoms with Gasteiger partial charge in [0.1, 0.15) is 0 Å². The van der Waals surface area contributed by atoms with Crippen molar-refractivity contribution in [2.45, 2.75) is 44.2 Å². The number of methoxy groups -OCH3 is 1. The Labute approximate surface area is 127 Å². The normalized spacial score (nSPS) is 37.0. The highest BCUT2D eigenvalue weighted by Gasteiger charge is 2.49. The number of amides is 1. The number of piperidine rings is 1. The fourth-order valence-electron chi connectivity index (χ4n) is 4.54. The molecule has 5 heteroatoms. The van der Waals surface area contributed by atoms with Gasteiger partial charge in [0.25, 0.3) is 0 Å². The first-order chi connectivity index (χ1) is 10.2. The van der Waals surface area contributed by atoms with Crippen LogP contribution in [0.5, 0.6) is 0 Å². The molecular formula is C16H29N3O2. The number of nitrogens with two attached hydrogens (primary N) is 1. The van der Waals surface area contributed by atoms with Gasteiger partial charge in [0.15, 0.2) is 0 Å². The number of likely N-dealkylation sites (tertiary alicyclic amines) is 1. The summed E-state index contributed by atoms with van der Waals surface area (Å²) in [6.07, 6.45) is 5.70. The smallest absolute Gasteiger partial charge is 0.225 e. The molecule has 21 heavy (non-hydrogen) atoms. The number of nitrogens with one attached hydrogen (secondary N) is 1. The molecule has 4 atom stereocenters. The molecule has 3 N–H and O–H groups in total. The third-order valence-electron chi connectivity index (χ3n) is 5.83. The number of nitrogens with zero attached hydrogens (tertiary/aromatic N) is 1. The molecule has 2 bridgehead atoms. The van der Waals surface area contributed by atoms with Gasteiger partial charge in [-0.3, -0.25) is 4.79 Å². The first-order valence-corrected chi connectivity index (χ1v) is 8.46. The molecular weight excluding hydrogens is 266 g/mol. The van der Waals surface area contributed by atoms with E-state index in [-0.39, 0.29) is 17.9 Å². The number of hydrogen-bond donors (Lipinski definition) is 2. The zero-order chi connectivity index (χ0) is 14.8. The first-order valence-electron chi connectivity index (χ1n) is 8.46. The van der Waals surface area contributed by atoms with Crippen molar-refractivity contribution < 1.29 is 9.53 Å². The summed E-state index contributed by atoms with van der Waals surface area (Å²) in [6, 6.07) is 0.438. The highest BCUT2D eigenvalue weighted by atomic mass is 16.5. The van der Waals surface area contributed by atoms with Crippen LogP contribution in [0.15, 0.2) is 0 Å². The summed E-state index contributed by atoms with van der Waals surface area (Å²) in [4.78, 5) is 15.0. The van der Waals surface area contributed by atoms with Gasteiger partial charge in [-0.1, -0.05) is 0 Å². The largest absolute Gasteiger partial charge is 0.383 e. The summed E-state index contributed by atoms with van der Waals surface area (Å²) in [7, 11) is 1.74. The molecule has 1 heterocycles. The van der Waals surface area contributed by atoms with Crippen LogP contribution in [0.2, 0.25) is 0 Å². The van der Waals surface area contributed by atoms with Crippen molar-refractivity contribution in [2.24, 2.45) is 23.5 Å². The summed E-state index contributed by atoms with van der Waals surface area (Å²) in [5.74, 6) is 1.45. The molecule has 1 amide bonds. The standard InChI is InChI=1S/C16H29N3O2/c1-21-9-8-19-6-4-13(5-7-19)18-16(20)14-11-2-3-12(10-11)15(14)17/h11-15H,2-10,17H2,1H3,(H,18,20). The molecule has 2 saturated carbocycles. The van der Waals surface area contributed by atoms with Gasteiger partial charge in [0.2, 0.25) is 5.91 Å². The van der Waals surface area contributed by atoms with E-state index in [1.807, 2.05) is 0 Å². The zero-order valence-electron chi connectivity index (χ0n) is 13.1. The minimum Gasteiger partial charge on any atom is -0.383 e. The average Bonchev–Trinajstić information content (AvgIpc) is 3.07. The topological polar surface area (TPSA) is 67.6 Å². The predicted molar refractivity (Wildman–Crippen MR) is 81.8 cm³/mol. The maximum atomic E-state index is 12.5. The van der Waals surface area contributed by atoms with Gasteiger partial charge in [-0.05, 0) is 43.9 Å². The van der Waals surface area contributed by atoms with E-state index in [0.717, 1.165) is 39.1 Å². The minimum atomic E-state index is 0.0790. The van der Waals surface area contributed by atoms with E-state index in [0.29, 0.717) is 17.9 Å². The highest BCUT2D eigenvalue weighted by Crippen LogP contribution is 2.47. The van der Waals surface area contributed by atoms with E-state index in [9.17, 15) is 4.79 Å². The second-order valence-electron chi connectivity index (χ2n) is 7.05. The van der Waals surface area contributed by atoms with Gasteiger partial charge < -0.3 is 20.7 Å². The Balaban J connectivity index is 1.44. The van der Waals surface area contributed by atoms with E-state index >= 15 is 0 Å². The molecule has 1 aliphatic heterocycles. The highest BCUT2D eigenvalue weighted by molar-refractivity contribution is 5.80. The number of fused-ring (bicyclic) bond motifs is 2. The van der Waals surface area contributed by atoms with Gasteiger partial charge in [0, 0.05) is 38.8 Å². The number of carbonyl (C=O) groups excluding carboxylic acids is 1. The van der Waals surface area contributed by atoms with E-state index in [2.05, 4.69) is 10.2 Å². The molecule has 3 aliphatic rings. The molecule has 0 aromatic carbocycles. The lowest BCUT2D eigenvalue weighted by molar-refractivity contribution is -0.128. The molecule has 3 rings (SSSR count). The van der Waals surface area contributed by atoms with Crippen LogP contribution in [0.25, 0.3) is 0 Å². The third kappa shape index (κ3) is 3.25. The molecule has 0 aromatic rings. The molecule has 5 nitrogen and oxygen atoms in total. The van der Waals surface area contributed by atoms with Gasteiger partial charge in [-0.2, -0.15) is 0 Å². The maximum Gasteiger partial charge on any atom is 0.225 e. The Bertz CT molecular complexity index is 367. The van der Waals surface area contributed by atoms with Crippen LogP contribution in [0.3, 0.4) is 0 Å². The Morgan fingerprint density at radius 1 is 1.24 bits per heavy atom. The van der Waals surface area contributed by atoms with E-state index in [1.165, 1.54) is 19.3 Å². The van der Waals surface area contributed by atoms with Crippen molar-refractivity contribution in [3.05, 3.63) is 0 Å². The second kappa shape index (κ2) is 6.63. The van der Waals surface area contributed by atoms with Gasteiger partial charge in [0.05, 0.1) is 12.5 Å². The number of hydrogen-bond acceptors (Lipinski definition) is 4. The van der Waals surface area contributed by atoms with Crippen LogP contribution in [-0.4, -0.2) is 56.2 Å². The van der Waals surface area contributed by atoms with E-state index in [4.69, 9.17) is 10.5 Å². The van der Waals surface area contributed by atoms with Crippen LogP contribution >= 0.6 is 0 Å². The van der Waals surface area contributed by atoms with E-state index in [1.54, 1.807) is 7.11 Å². The number of rotatable bonds is 5. The van der Waals surface area contributed by atoms with Crippen molar-refractivity contribution in [1.82, 2.24) is 10.2 Å². The van der Waals surface area contributed by atoms with Gasteiger partial charge in [-0.15, -0.1) is 0 Å². The molecule has 2 aliphatic carbocycles. The van der Waals surface area contributed by atoms with Crippen molar-refractivity contribution in [3.8, 4) is 0 Å². The third-order valence-corrected chi connectivity index (χ3v) is 5.83. The fourth-order valence-corrected chi connectivity index (χ4v) is 4.54. The van der Waals surface area contributed by atoms with Crippen LogP contribution in [0, 0.1) is 17.8 Å². The molecule has 120 valence electrons. The summed E-state index contributed by atoms with van der Waals surface area (Å²) in [6.45, 7) is 3.89. The molecule has 1 saturated heterocycles. The monoisotopic (exact) mass is 295 g/mol. The van der Waals surface area contributed by atoms with Crippen molar-refractivity contribution in [2.75, 3.05) is 33.4 Å². The summed E-state index contributed by atoms with van der Waals surface area (Å²) in [5.41, 5.74) is 6.26. The Hall–Kier alpha value is -0.650. The quantitative estimate of drug-likeness (QED) is 0.779. The fraction of sp³-hybridized carbons (Fsp3) is 0.938. The Morgan fingerprint density at radius 2 is 1.95 bits per heavy atom. The van der Waals surface area contributed by atoms with Crippen LogP contribution in [0.1, 0.15) is 32.1 Å². The molecule has 4 unspecified atom stereocenters. The first kappa shape index (κ1) is 15.3. The van der Waals surface area contributed by atoms with Crippen molar-refractivity contribution in [3.63, 3.8) is 0 Å². The van der Waals surface area contributed by atoms with Crippen molar-refractivity contribution >= 4 is 5.91 Å². The second-order valence-corrected chi connectivity index (χ2v) is 7.05. The van der Waals surface area contributed by atoms with Crippen molar-refractivity contribution in [1.29, 1.82) is 0 Å². The Kier molecular flexibility index (Phi) is 4.82. The lowest BCUT2D eigenvalue weighted by atomic mass is 9.84. The molecule has 0 radical (unpaired) electrons. The Morgan fingerprint density at radius 3 is 2.57 bits per heavy atom. The van der Waals surface area contributed by atoms with Crippen LogP contribution in [0.4, 0.5) is 0 Å². The lowest BCUT2D eigenvalue weighted by Gasteiger charge is -2.34. The molecule has 3 fully saturated rings. The predicted octanol–water partition coefficient (Wildman–Crippen LogP) is 0.587. The van der Waals surface area contributed by atoms with Crippen LogP contribution in [-0.2, 0) is 9.53 Å². The summed E-state index contributed by atoms with van der Waals surface area (Å²) in [5, 5.41) is 3.28. The SMILES string of the molecule is COCCN1CCC(NC(=O)C2C3CCC(C3)C2N)CC1. The molecule has 0 spiro atoms. The maximum absolute atomic E-state index is 12.5. The number of carbonyl (C=O) groups is 1. The molecule has 0 aromatic heterocycles. The lowest BCUT2D eigenvalue weighted by Crippen LogP contribution is -2.51.